The van der Waals surface area contributed by atoms with Gasteiger partial charge in [0.25, 0.3) is 0 Å². The van der Waals surface area contributed by atoms with Crippen molar-refractivity contribution >= 4 is 34.5 Å². The number of nitrogens with zero attached hydrogens (tertiary/aromatic N) is 4. The first-order chi connectivity index (χ1) is 15.9. The molecule has 0 amide bonds. The number of dihydropyridines is 1. The molecule has 0 bridgehead atoms. The third-order valence-corrected chi connectivity index (χ3v) is 7.03. The molecule has 2 aliphatic heterocycles. The zero-order valence-corrected chi connectivity index (χ0v) is 19.4. The van der Waals surface area contributed by atoms with Crippen molar-refractivity contribution in [2.45, 2.75) is 38.4 Å². The summed E-state index contributed by atoms with van der Waals surface area (Å²) in [6.45, 7) is 3.20. The highest BCUT2D eigenvalue weighted by molar-refractivity contribution is 7.13. The molecular formula is C23H27F2N5O2S. The number of piperidine rings is 1. The van der Waals surface area contributed by atoms with Crippen molar-refractivity contribution in [3.05, 3.63) is 46.9 Å². The Morgan fingerprint density at radius 3 is 2.97 bits per heavy atom. The van der Waals surface area contributed by atoms with Crippen LogP contribution in [0.15, 0.2) is 40.4 Å². The molecule has 0 aromatic carbocycles. The van der Waals surface area contributed by atoms with Gasteiger partial charge in [0.15, 0.2) is 5.13 Å². The van der Waals surface area contributed by atoms with E-state index in [0.717, 1.165) is 0 Å². The molecule has 4 heterocycles. The highest BCUT2D eigenvalue weighted by Crippen LogP contribution is 2.40. The van der Waals surface area contributed by atoms with Crippen LogP contribution >= 0.6 is 11.3 Å². The Bertz CT molecular complexity index is 1050. The van der Waals surface area contributed by atoms with Gasteiger partial charge in [-0.15, -0.1) is 11.3 Å². The summed E-state index contributed by atoms with van der Waals surface area (Å²) < 4.78 is 34.1. The molecule has 0 saturated carbocycles. The second-order valence-electron chi connectivity index (χ2n) is 8.53. The minimum Gasteiger partial charge on any atom is -0.469 e. The molecule has 1 fully saturated rings. The summed E-state index contributed by atoms with van der Waals surface area (Å²) in [4.78, 5) is 27.6. The van der Waals surface area contributed by atoms with Gasteiger partial charge < -0.3 is 10.1 Å². The number of halogens is 2. The summed E-state index contributed by atoms with van der Waals surface area (Å²) in [6.07, 6.45) is 5.00. The lowest BCUT2D eigenvalue weighted by Gasteiger charge is -2.44. The number of carbonyl (C=O) groups is 1. The third-order valence-electron chi connectivity index (χ3n) is 6.34. The highest BCUT2D eigenvalue weighted by Gasteiger charge is 2.46. The maximum Gasteiger partial charge on any atom is 0.312 e. The van der Waals surface area contributed by atoms with Gasteiger partial charge in [-0.05, 0) is 50.1 Å². The average Bonchev–Trinajstić information content (AvgIpc) is 3.32. The van der Waals surface area contributed by atoms with E-state index in [4.69, 9.17) is 4.74 Å². The number of rotatable bonds is 7. The standard InChI is InChI=1S/C23H27F2N5O2S/c1-15-11-23(21(31)32-2,6-9-30(15)14-16-5-7-26-13-18(16)25)12-19-17(24)3-4-20(28-19)29-22-27-8-10-33-22/h3-5,7-8,10,15,18H,6,9,11-14H2,1-2H3,(H,27,28,29). The fraction of sp³-hybridized carbons (Fsp3) is 0.478. The number of nitrogens with one attached hydrogen (secondary N) is 1. The van der Waals surface area contributed by atoms with Gasteiger partial charge in [0, 0.05) is 36.8 Å². The van der Waals surface area contributed by atoms with Crippen LogP contribution in [0, 0.1) is 11.2 Å². The molecule has 2 aliphatic rings. The first-order valence-corrected chi connectivity index (χ1v) is 11.8. The van der Waals surface area contributed by atoms with Crippen LogP contribution in [0.1, 0.15) is 25.5 Å². The fourth-order valence-electron chi connectivity index (χ4n) is 4.55. The van der Waals surface area contributed by atoms with Crippen molar-refractivity contribution in [1.82, 2.24) is 14.9 Å². The van der Waals surface area contributed by atoms with Gasteiger partial charge in [-0.1, -0.05) is 0 Å². The smallest absolute Gasteiger partial charge is 0.312 e. The molecule has 0 spiro atoms. The van der Waals surface area contributed by atoms with Crippen molar-refractivity contribution in [2.75, 3.05) is 32.1 Å². The summed E-state index contributed by atoms with van der Waals surface area (Å²) >= 11 is 1.41. The van der Waals surface area contributed by atoms with Crippen LogP contribution in [-0.4, -0.2) is 66.0 Å². The van der Waals surface area contributed by atoms with Crippen molar-refractivity contribution in [2.24, 2.45) is 10.4 Å². The van der Waals surface area contributed by atoms with Crippen molar-refractivity contribution in [3.63, 3.8) is 0 Å². The van der Waals surface area contributed by atoms with E-state index in [1.807, 2.05) is 12.3 Å². The number of pyridine rings is 1. The third kappa shape index (κ3) is 5.27. The van der Waals surface area contributed by atoms with Gasteiger partial charge in [0.2, 0.25) is 0 Å². The Kier molecular flexibility index (Phi) is 7.14. The molecule has 2 aromatic rings. The molecule has 0 radical (unpaired) electrons. The van der Waals surface area contributed by atoms with E-state index in [9.17, 15) is 13.6 Å². The van der Waals surface area contributed by atoms with E-state index in [0.29, 0.717) is 42.5 Å². The number of anilines is 2. The van der Waals surface area contributed by atoms with Gasteiger partial charge in [-0.2, -0.15) is 0 Å². The lowest BCUT2D eigenvalue weighted by molar-refractivity contribution is -0.157. The molecule has 1 saturated heterocycles. The van der Waals surface area contributed by atoms with Gasteiger partial charge in [0.1, 0.15) is 17.8 Å². The zero-order chi connectivity index (χ0) is 23.4. The minimum absolute atomic E-state index is 0.0236. The fourth-order valence-corrected chi connectivity index (χ4v) is 5.08. The number of likely N-dealkylation sites (tertiary alicyclic amines) is 1. The molecule has 33 heavy (non-hydrogen) atoms. The number of hydrogen-bond donors (Lipinski definition) is 1. The van der Waals surface area contributed by atoms with E-state index in [1.54, 1.807) is 24.6 Å². The number of ether oxygens (including phenoxy) is 1. The number of aromatic nitrogens is 2. The summed E-state index contributed by atoms with van der Waals surface area (Å²) in [6, 6.07) is 2.87. The zero-order valence-electron chi connectivity index (χ0n) is 18.6. The van der Waals surface area contributed by atoms with Crippen LogP contribution in [-0.2, 0) is 16.0 Å². The van der Waals surface area contributed by atoms with Crippen molar-refractivity contribution < 1.29 is 18.3 Å². The molecule has 176 valence electrons. The predicted molar refractivity (Wildman–Crippen MR) is 124 cm³/mol. The topological polar surface area (TPSA) is 79.7 Å². The Morgan fingerprint density at radius 2 is 2.27 bits per heavy atom. The Hall–Kier alpha value is -2.72. The number of thiazole rings is 1. The van der Waals surface area contributed by atoms with Crippen molar-refractivity contribution in [1.29, 1.82) is 0 Å². The average molecular weight is 476 g/mol. The number of methoxy groups -OCH3 is 1. The maximum absolute atomic E-state index is 14.7. The summed E-state index contributed by atoms with van der Waals surface area (Å²) in [5, 5.41) is 5.54. The largest absolute Gasteiger partial charge is 0.469 e. The molecule has 10 heteroatoms. The van der Waals surface area contributed by atoms with Gasteiger partial charge in [-0.25, -0.2) is 18.7 Å². The Morgan fingerprint density at radius 1 is 1.42 bits per heavy atom. The Balaban J connectivity index is 1.52. The summed E-state index contributed by atoms with van der Waals surface area (Å²) in [7, 11) is 1.35. The molecular weight excluding hydrogens is 448 g/mol. The molecule has 1 N–H and O–H groups in total. The molecule has 2 aromatic heterocycles. The number of aliphatic imine (C=N–C) groups is 1. The number of alkyl halides is 1. The van der Waals surface area contributed by atoms with Crippen LogP contribution in [0.4, 0.5) is 19.7 Å². The van der Waals surface area contributed by atoms with E-state index in [2.05, 4.69) is 25.2 Å². The van der Waals surface area contributed by atoms with Crippen LogP contribution < -0.4 is 5.32 Å². The highest BCUT2D eigenvalue weighted by atomic mass is 32.1. The number of hydrogen-bond acceptors (Lipinski definition) is 8. The van der Waals surface area contributed by atoms with Crippen LogP contribution in [0.3, 0.4) is 0 Å². The summed E-state index contributed by atoms with van der Waals surface area (Å²) in [5.41, 5.74) is -0.00995. The monoisotopic (exact) mass is 475 g/mol. The molecule has 4 rings (SSSR count). The predicted octanol–water partition coefficient (Wildman–Crippen LogP) is 3.96. The number of allylic oxidation sites excluding steroid dienone is 1. The quantitative estimate of drug-likeness (QED) is 0.611. The van der Waals surface area contributed by atoms with Crippen molar-refractivity contribution in [3.8, 4) is 0 Å². The molecule has 3 unspecified atom stereocenters. The molecule has 3 atom stereocenters. The normalized spacial score (nSPS) is 25.5. The number of esters is 1. The lowest BCUT2D eigenvalue weighted by Crippen LogP contribution is -2.51. The van der Waals surface area contributed by atoms with Gasteiger partial charge in [-0.3, -0.25) is 14.7 Å². The van der Waals surface area contributed by atoms with Crippen LogP contribution in [0.2, 0.25) is 0 Å². The first kappa shape index (κ1) is 23.4. The maximum atomic E-state index is 14.7. The summed E-state index contributed by atoms with van der Waals surface area (Å²) in [5.74, 6) is -0.377. The molecule has 0 aliphatic carbocycles. The lowest BCUT2D eigenvalue weighted by atomic mass is 9.72. The van der Waals surface area contributed by atoms with Crippen LogP contribution in [0.25, 0.3) is 0 Å². The Labute approximate surface area is 195 Å². The van der Waals surface area contributed by atoms with E-state index < -0.39 is 17.4 Å². The van der Waals surface area contributed by atoms with Gasteiger partial charge >= 0.3 is 5.97 Å². The van der Waals surface area contributed by atoms with E-state index >= 15 is 0 Å². The van der Waals surface area contributed by atoms with Gasteiger partial charge in [0.05, 0.1) is 24.8 Å². The second-order valence-corrected chi connectivity index (χ2v) is 9.43. The van der Waals surface area contributed by atoms with E-state index in [1.165, 1.54) is 24.5 Å². The van der Waals surface area contributed by atoms with E-state index in [-0.39, 0.29) is 30.7 Å². The van der Waals surface area contributed by atoms with Crippen LogP contribution in [0.5, 0.6) is 0 Å². The SMILES string of the molecule is COC(=O)C1(Cc2nc(Nc3nccs3)ccc2F)CCN(CC2=CC=NCC2F)C(C)C1. The number of carbonyl (C=O) groups excluding carboxylic acids is 1. The minimum atomic E-state index is -1.08. The molecule has 7 nitrogen and oxygen atoms in total. The first-order valence-electron chi connectivity index (χ1n) is 10.9. The second kappa shape index (κ2) is 10.0.